The van der Waals surface area contributed by atoms with Crippen LogP contribution in [0.5, 0.6) is 0 Å². The molecule has 1 aliphatic heterocycles. The summed E-state index contributed by atoms with van der Waals surface area (Å²) in [5.74, 6) is 0.767. The van der Waals surface area contributed by atoms with Crippen LogP contribution < -0.4 is 4.57 Å². The SMILES string of the molecule is FC(F)(F)c1ccc(-n2c[n+]3c(n2)CO[C@H]2Cc4ccccc4[C@H]23)cc1. The lowest BCUT2D eigenvalue weighted by atomic mass is 10.1. The average Bonchev–Trinajstić information content (AvgIpc) is 3.21. The Morgan fingerprint density at radius 1 is 1.08 bits per heavy atom. The van der Waals surface area contributed by atoms with E-state index in [1.807, 2.05) is 18.5 Å². The van der Waals surface area contributed by atoms with Crippen LogP contribution in [0.2, 0.25) is 0 Å². The number of benzene rings is 2. The Hall–Kier alpha value is -2.67. The van der Waals surface area contributed by atoms with Crippen LogP contribution >= 0.6 is 0 Å². The van der Waals surface area contributed by atoms with Crippen molar-refractivity contribution in [3.05, 3.63) is 77.4 Å². The Labute approximate surface area is 147 Å². The second-order valence-corrected chi connectivity index (χ2v) is 6.63. The van der Waals surface area contributed by atoms with E-state index in [-0.39, 0.29) is 12.1 Å². The third kappa shape index (κ3) is 2.34. The Kier molecular flexibility index (Phi) is 3.24. The van der Waals surface area contributed by atoms with E-state index in [1.165, 1.54) is 23.3 Å². The summed E-state index contributed by atoms with van der Waals surface area (Å²) in [6.45, 7) is 0.392. The minimum atomic E-state index is -4.34. The van der Waals surface area contributed by atoms with Crippen LogP contribution in [0.4, 0.5) is 13.2 Å². The molecule has 0 unspecified atom stereocenters. The maximum Gasteiger partial charge on any atom is 0.416 e. The zero-order valence-corrected chi connectivity index (χ0v) is 13.6. The Bertz CT molecular complexity index is 978. The molecule has 0 bridgehead atoms. The minimum Gasteiger partial charge on any atom is -0.363 e. The van der Waals surface area contributed by atoms with Gasteiger partial charge in [0.05, 0.1) is 5.56 Å². The predicted molar refractivity (Wildman–Crippen MR) is 85.6 cm³/mol. The van der Waals surface area contributed by atoms with Gasteiger partial charge in [0, 0.05) is 11.5 Å². The summed E-state index contributed by atoms with van der Waals surface area (Å²) in [5.41, 5.74) is 2.40. The topological polar surface area (TPSA) is 30.9 Å². The van der Waals surface area contributed by atoms with Gasteiger partial charge in [0.1, 0.15) is 24.4 Å². The van der Waals surface area contributed by atoms with Gasteiger partial charge in [0.25, 0.3) is 0 Å². The highest BCUT2D eigenvalue weighted by Gasteiger charge is 2.43. The predicted octanol–water partition coefficient (Wildman–Crippen LogP) is 3.22. The number of hydrogen-bond donors (Lipinski definition) is 0. The summed E-state index contributed by atoms with van der Waals surface area (Å²) in [5, 5.41) is 4.52. The Balaban J connectivity index is 1.54. The van der Waals surface area contributed by atoms with Gasteiger partial charge < -0.3 is 4.74 Å². The molecule has 2 heterocycles. The molecule has 0 spiro atoms. The van der Waals surface area contributed by atoms with Crippen molar-refractivity contribution in [2.45, 2.75) is 31.3 Å². The molecule has 1 aromatic heterocycles. The fourth-order valence-electron chi connectivity index (χ4n) is 3.85. The van der Waals surface area contributed by atoms with Crippen LogP contribution in [-0.2, 0) is 23.9 Å². The molecular formula is C19H15F3N3O+. The Morgan fingerprint density at radius 3 is 2.62 bits per heavy atom. The number of fused-ring (bicyclic) bond motifs is 5. The average molecular weight is 358 g/mol. The van der Waals surface area contributed by atoms with E-state index in [9.17, 15) is 13.2 Å². The van der Waals surface area contributed by atoms with Crippen molar-refractivity contribution in [1.82, 2.24) is 9.78 Å². The molecule has 0 saturated heterocycles. The monoisotopic (exact) mass is 358 g/mol. The zero-order chi connectivity index (χ0) is 17.9. The summed E-state index contributed by atoms with van der Waals surface area (Å²) >= 11 is 0. The molecule has 132 valence electrons. The lowest BCUT2D eigenvalue weighted by Gasteiger charge is -2.23. The maximum absolute atomic E-state index is 12.8. The zero-order valence-electron chi connectivity index (χ0n) is 13.6. The van der Waals surface area contributed by atoms with Gasteiger partial charge >= 0.3 is 12.0 Å². The minimum absolute atomic E-state index is 0.0538. The molecule has 0 saturated carbocycles. The molecule has 3 aromatic rings. The number of halogens is 3. The molecule has 4 nitrogen and oxygen atoms in total. The third-order valence-electron chi connectivity index (χ3n) is 5.09. The van der Waals surface area contributed by atoms with Crippen LogP contribution in [-0.4, -0.2) is 15.9 Å². The molecule has 2 aromatic carbocycles. The first-order valence-corrected chi connectivity index (χ1v) is 8.37. The van der Waals surface area contributed by atoms with E-state index in [0.29, 0.717) is 12.3 Å². The quantitative estimate of drug-likeness (QED) is 0.626. The lowest BCUT2D eigenvalue weighted by molar-refractivity contribution is -0.739. The number of ether oxygens (including phenoxy) is 1. The maximum atomic E-state index is 12.8. The fourth-order valence-corrected chi connectivity index (χ4v) is 3.85. The highest BCUT2D eigenvalue weighted by Crippen LogP contribution is 2.35. The van der Waals surface area contributed by atoms with Crippen LogP contribution in [0.25, 0.3) is 5.69 Å². The van der Waals surface area contributed by atoms with Crippen LogP contribution in [0.3, 0.4) is 0 Å². The van der Waals surface area contributed by atoms with Crippen molar-refractivity contribution in [1.29, 1.82) is 0 Å². The molecule has 2 aliphatic rings. The van der Waals surface area contributed by atoms with Gasteiger partial charge in [-0.25, -0.2) is 4.57 Å². The largest absolute Gasteiger partial charge is 0.416 e. The van der Waals surface area contributed by atoms with Crippen molar-refractivity contribution in [3.8, 4) is 5.69 Å². The summed E-state index contributed by atoms with van der Waals surface area (Å²) in [4.78, 5) is 0. The summed E-state index contributed by atoms with van der Waals surface area (Å²) < 4.78 is 47.9. The second-order valence-electron chi connectivity index (χ2n) is 6.63. The van der Waals surface area contributed by atoms with E-state index in [2.05, 4.69) is 21.8 Å². The third-order valence-corrected chi connectivity index (χ3v) is 5.09. The first kappa shape index (κ1) is 15.6. The Morgan fingerprint density at radius 2 is 1.85 bits per heavy atom. The van der Waals surface area contributed by atoms with E-state index in [0.717, 1.165) is 24.4 Å². The fraction of sp³-hybridized carbons (Fsp3) is 0.263. The summed E-state index contributed by atoms with van der Waals surface area (Å²) in [6.07, 6.45) is -1.57. The molecule has 0 amide bonds. The molecule has 0 N–H and O–H groups in total. The highest BCUT2D eigenvalue weighted by atomic mass is 19.4. The van der Waals surface area contributed by atoms with Gasteiger partial charge in [-0.05, 0) is 35.4 Å². The lowest BCUT2D eigenvalue weighted by Crippen LogP contribution is -2.51. The van der Waals surface area contributed by atoms with Gasteiger partial charge in [-0.1, -0.05) is 28.9 Å². The van der Waals surface area contributed by atoms with Gasteiger partial charge in [0.15, 0.2) is 0 Å². The summed E-state index contributed by atoms with van der Waals surface area (Å²) in [6, 6.07) is 13.3. The smallest absolute Gasteiger partial charge is 0.363 e. The van der Waals surface area contributed by atoms with Crippen molar-refractivity contribution in [3.63, 3.8) is 0 Å². The highest BCUT2D eigenvalue weighted by molar-refractivity contribution is 5.36. The van der Waals surface area contributed by atoms with E-state index in [4.69, 9.17) is 4.74 Å². The summed E-state index contributed by atoms with van der Waals surface area (Å²) in [7, 11) is 0. The first-order chi connectivity index (χ1) is 12.5. The number of hydrogen-bond acceptors (Lipinski definition) is 2. The number of alkyl halides is 3. The number of rotatable bonds is 1. The van der Waals surface area contributed by atoms with Crippen LogP contribution in [0.15, 0.2) is 54.9 Å². The molecule has 26 heavy (non-hydrogen) atoms. The molecule has 2 atom stereocenters. The number of nitrogens with zero attached hydrogens (tertiary/aromatic N) is 3. The van der Waals surface area contributed by atoms with Crippen molar-refractivity contribution in [2.24, 2.45) is 0 Å². The second kappa shape index (κ2) is 5.41. The number of aromatic nitrogens is 3. The molecule has 0 radical (unpaired) electrons. The van der Waals surface area contributed by atoms with Crippen molar-refractivity contribution in [2.75, 3.05) is 0 Å². The van der Waals surface area contributed by atoms with Crippen molar-refractivity contribution < 1.29 is 22.5 Å². The van der Waals surface area contributed by atoms with Crippen molar-refractivity contribution >= 4 is 0 Å². The molecule has 5 rings (SSSR count). The van der Waals surface area contributed by atoms with Gasteiger partial charge in [-0.15, -0.1) is 0 Å². The standard InChI is InChI=1S/C19H15F3N3O/c20-19(21,22)13-5-7-14(8-6-13)25-11-24-17(23-25)10-26-16-9-12-3-1-2-4-15(12)18(16)24/h1-8,11,16,18H,9-10H2/q+1/t16-,18+/m0/s1. The first-order valence-electron chi connectivity index (χ1n) is 8.37. The molecule has 1 aliphatic carbocycles. The van der Waals surface area contributed by atoms with Gasteiger partial charge in [-0.3, -0.25) is 0 Å². The van der Waals surface area contributed by atoms with E-state index >= 15 is 0 Å². The van der Waals surface area contributed by atoms with Gasteiger partial charge in [-0.2, -0.15) is 13.2 Å². The van der Waals surface area contributed by atoms with Crippen LogP contribution in [0.1, 0.15) is 28.6 Å². The normalized spacial score (nSPS) is 21.2. The molecule has 0 fully saturated rings. The van der Waals surface area contributed by atoms with Gasteiger partial charge in [0.2, 0.25) is 6.33 Å². The van der Waals surface area contributed by atoms with E-state index < -0.39 is 11.7 Å². The molecular weight excluding hydrogens is 343 g/mol. The van der Waals surface area contributed by atoms with Crippen LogP contribution in [0, 0.1) is 0 Å². The van der Waals surface area contributed by atoms with E-state index in [1.54, 1.807) is 4.68 Å². The molecule has 7 heteroatoms.